The number of hydrogen-bond donors (Lipinski definition) is 2. The van der Waals surface area contributed by atoms with Crippen LogP contribution < -0.4 is 10.6 Å². The lowest BCUT2D eigenvalue weighted by molar-refractivity contribution is 0.379. The van der Waals surface area contributed by atoms with E-state index in [1.807, 2.05) is 7.05 Å². The van der Waals surface area contributed by atoms with Gasteiger partial charge in [-0.3, -0.25) is 0 Å². The normalized spacial score (nSPS) is 22.6. The second-order valence-electron chi connectivity index (χ2n) is 4.65. The van der Waals surface area contributed by atoms with Crippen LogP contribution in [0.3, 0.4) is 0 Å². The first-order valence-corrected chi connectivity index (χ1v) is 5.77. The quantitative estimate of drug-likeness (QED) is 0.579. The Balaban J connectivity index is 1.59. The summed E-state index contributed by atoms with van der Waals surface area (Å²) >= 11 is 0. The molecule has 76 valence electrons. The number of nitrogens with one attached hydrogen (secondary N) is 2. The van der Waals surface area contributed by atoms with Crippen LogP contribution in [-0.4, -0.2) is 26.7 Å². The van der Waals surface area contributed by atoms with Gasteiger partial charge in [-0.1, -0.05) is 0 Å². The van der Waals surface area contributed by atoms with E-state index in [1.54, 1.807) is 0 Å². The van der Waals surface area contributed by atoms with Crippen molar-refractivity contribution in [3.8, 4) is 0 Å². The van der Waals surface area contributed by atoms with Gasteiger partial charge in [0, 0.05) is 13.1 Å². The highest BCUT2D eigenvalue weighted by molar-refractivity contribution is 4.92. The molecule has 0 atom stereocenters. The van der Waals surface area contributed by atoms with Crippen molar-refractivity contribution in [3.63, 3.8) is 0 Å². The summed E-state index contributed by atoms with van der Waals surface area (Å²) in [5.74, 6) is 3.21. The third-order valence-corrected chi connectivity index (χ3v) is 3.39. The molecule has 0 bridgehead atoms. The van der Waals surface area contributed by atoms with E-state index < -0.39 is 0 Å². The molecule has 2 aliphatic rings. The molecule has 0 aromatic heterocycles. The van der Waals surface area contributed by atoms with Crippen molar-refractivity contribution in [1.29, 1.82) is 0 Å². The number of likely N-dealkylation sites (N-methyl/N-ethyl adjacent to an activating group) is 1. The van der Waals surface area contributed by atoms with Gasteiger partial charge >= 0.3 is 0 Å². The summed E-state index contributed by atoms with van der Waals surface area (Å²) in [6.45, 7) is 3.51. The minimum absolute atomic E-state index is 1.02. The predicted octanol–water partition coefficient (Wildman–Crippen LogP) is 1.23. The lowest BCUT2D eigenvalue weighted by atomic mass is 9.98. The average molecular weight is 182 g/mol. The highest BCUT2D eigenvalue weighted by Crippen LogP contribution is 2.48. The molecular weight excluding hydrogens is 160 g/mol. The van der Waals surface area contributed by atoms with E-state index in [0.717, 1.165) is 30.8 Å². The van der Waals surface area contributed by atoms with Gasteiger partial charge in [-0.15, -0.1) is 0 Å². The Morgan fingerprint density at radius 1 is 1.08 bits per heavy atom. The SMILES string of the molecule is CNCCNCC(C1CC1)C1CC1. The fourth-order valence-electron chi connectivity index (χ4n) is 2.25. The molecule has 2 N–H and O–H groups in total. The van der Waals surface area contributed by atoms with E-state index in [-0.39, 0.29) is 0 Å². The zero-order valence-electron chi connectivity index (χ0n) is 8.68. The van der Waals surface area contributed by atoms with Crippen LogP contribution in [0.15, 0.2) is 0 Å². The standard InChI is InChI=1S/C11H22N2/c1-12-6-7-13-8-11(9-2-3-9)10-4-5-10/h9-13H,2-8H2,1H3. The molecular formula is C11H22N2. The molecule has 0 aromatic carbocycles. The minimum Gasteiger partial charge on any atom is -0.318 e. The molecule has 2 fully saturated rings. The van der Waals surface area contributed by atoms with Gasteiger partial charge in [0.25, 0.3) is 0 Å². The third kappa shape index (κ3) is 2.96. The van der Waals surface area contributed by atoms with E-state index in [2.05, 4.69) is 10.6 Å². The van der Waals surface area contributed by atoms with Gasteiger partial charge in [-0.2, -0.15) is 0 Å². The van der Waals surface area contributed by atoms with Crippen molar-refractivity contribution < 1.29 is 0 Å². The van der Waals surface area contributed by atoms with E-state index in [9.17, 15) is 0 Å². The highest BCUT2D eigenvalue weighted by Gasteiger charge is 2.40. The fraction of sp³-hybridized carbons (Fsp3) is 1.00. The topological polar surface area (TPSA) is 24.1 Å². The summed E-state index contributed by atoms with van der Waals surface area (Å²) in [5.41, 5.74) is 0. The monoisotopic (exact) mass is 182 g/mol. The first-order chi connectivity index (χ1) is 6.42. The Hall–Kier alpha value is -0.0800. The largest absolute Gasteiger partial charge is 0.318 e. The number of hydrogen-bond acceptors (Lipinski definition) is 2. The van der Waals surface area contributed by atoms with Crippen LogP contribution in [-0.2, 0) is 0 Å². The Kier molecular flexibility index (Phi) is 3.23. The fourth-order valence-corrected chi connectivity index (χ4v) is 2.25. The lowest BCUT2D eigenvalue weighted by Gasteiger charge is -2.15. The van der Waals surface area contributed by atoms with E-state index >= 15 is 0 Å². The maximum atomic E-state index is 3.57. The van der Waals surface area contributed by atoms with E-state index in [4.69, 9.17) is 0 Å². The van der Waals surface area contributed by atoms with Gasteiger partial charge in [-0.25, -0.2) is 0 Å². The van der Waals surface area contributed by atoms with Gasteiger partial charge in [0.15, 0.2) is 0 Å². The Morgan fingerprint density at radius 3 is 2.15 bits per heavy atom. The van der Waals surface area contributed by atoms with Gasteiger partial charge in [0.2, 0.25) is 0 Å². The maximum absolute atomic E-state index is 3.57. The molecule has 2 rings (SSSR count). The Morgan fingerprint density at radius 2 is 1.69 bits per heavy atom. The maximum Gasteiger partial charge on any atom is 0.00767 e. The zero-order valence-corrected chi connectivity index (χ0v) is 8.68. The molecule has 0 saturated heterocycles. The van der Waals surface area contributed by atoms with Crippen molar-refractivity contribution in [2.24, 2.45) is 17.8 Å². The highest BCUT2D eigenvalue weighted by atomic mass is 14.9. The molecule has 13 heavy (non-hydrogen) atoms. The molecule has 0 unspecified atom stereocenters. The third-order valence-electron chi connectivity index (χ3n) is 3.39. The van der Waals surface area contributed by atoms with Crippen molar-refractivity contribution in [2.75, 3.05) is 26.7 Å². The zero-order chi connectivity index (χ0) is 9.10. The Bertz CT molecular complexity index is 138. The summed E-state index contributed by atoms with van der Waals surface area (Å²) in [5, 5.41) is 6.74. The summed E-state index contributed by atoms with van der Waals surface area (Å²) < 4.78 is 0. The van der Waals surface area contributed by atoms with E-state index in [1.165, 1.54) is 32.2 Å². The minimum atomic E-state index is 1.02. The molecule has 2 aliphatic carbocycles. The smallest absolute Gasteiger partial charge is 0.00767 e. The van der Waals surface area contributed by atoms with Gasteiger partial charge < -0.3 is 10.6 Å². The second-order valence-corrected chi connectivity index (χ2v) is 4.65. The van der Waals surface area contributed by atoms with Crippen molar-refractivity contribution in [2.45, 2.75) is 25.7 Å². The summed E-state index contributed by atoms with van der Waals surface area (Å²) in [6, 6.07) is 0. The van der Waals surface area contributed by atoms with Crippen molar-refractivity contribution in [3.05, 3.63) is 0 Å². The van der Waals surface area contributed by atoms with Crippen LogP contribution in [0, 0.1) is 17.8 Å². The summed E-state index contributed by atoms with van der Waals surface area (Å²) in [4.78, 5) is 0. The first kappa shape index (κ1) is 9.47. The van der Waals surface area contributed by atoms with E-state index in [0.29, 0.717) is 0 Å². The molecule has 0 amide bonds. The predicted molar refractivity (Wildman–Crippen MR) is 55.7 cm³/mol. The first-order valence-electron chi connectivity index (χ1n) is 5.77. The average Bonchev–Trinajstić information content (AvgIpc) is 2.99. The molecule has 0 radical (unpaired) electrons. The molecule has 0 aromatic rings. The molecule has 2 nitrogen and oxygen atoms in total. The van der Waals surface area contributed by atoms with Gasteiger partial charge in [-0.05, 0) is 57.0 Å². The van der Waals surface area contributed by atoms with Crippen molar-refractivity contribution >= 4 is 0 Å². The summed E-state index contributed by atoms with van der Waals surface area (Å²) in [7, 11) is 2.01. The second kappa shape index (κ2) is 4.43. The molecule has 0 aliphatic heterocycles. The van der Waals surface area contributed by atoms with Crippen LogP contribution in [0.2, 0.25) is 0 Å². The molecule has 0 heterocycles. The van der Waals surface area contributed by atoms with Gasteiger partial charge in [0.1, 0.15) is 0 Å². The van der Waals surface area contributed by atoms with Crippen molar-refractivity contribution in [1.82, 2.24) is 10.6 Å². The van der Waals surface area contributed by atoms with Crippen LogP contribution in [0.5, 0.6) is 0 Å². The molecule has 0 spiro atoms. The Labute approximate surface area is 81.5 Å². The van der Waals surface area contributed by atoms with Gasteiger partial charge in [0.05, 0.1) is 0 Å². The van der Waals surface area contributed by atoms with Crippen LogP contribution in [0.25, 0.3) is 0 Å². The van der Waals surface area contributed by atoms with Crippen LogP contribution in [0.4, 0.5) is 0 Å². The lowest BCUT2D eigenvalue weighted by Crippen LogP contribution is -2.30. The summed E-state index contributed by atoms with van der Waals surface area (Å²) in [6.07, 6.45) is 6.04. The molecule has 2 saturated carbocycles. The molecule has 2 heteroatoms. The van der Waals surface area contributed by atoms with Crippen LogP contribution in [0.1, 0.15) is 25.7 Å². The van der Waals surface area contributed by atoms with Crippen LogP contribution >= 0.6 is 0 Å². The number of rotatable bonds is 7.